The van der Waals surface area contributed by atoms with E-state index in [1.807, 2.05) is 20.8 Å². The van der Waals surface area contributed by atoms with Crippen LogP contribution in [0.3, 0.4) is 0 Å². The maximum absolute atomic E-state index is 11.6. The zero-order chi connectivity index (χ0) is 14.1. The highest BCUT2D eigenvalue weighted by molar-refractivity contribution is 6.44. The summed E-state index contributed by atoms with van der Waals surface area (Å²) in [5.41, 5.74) is 0.601. The monoisotopic (exact) mass is 253 g/mol. The third-order valence-corrected chi connectivity index (χ3v) is 2.50. The Kier molecular flexibility index (Phi) is 3.91. The first-order valence-corrected chi connectivity index (χ1v) is 5.68. The van der Waals surface area contributed by atoms with E-state index in [1.54, 1.807) is 0 Å². The van der Waals surface area contributed by atoms with E-state index in [0.717, 1.165) is 9.80 Å². The van der Waals surface area contributed by atoms with Crippen molar-refractivity contribution in [1.82, 2.24) is 15.1 Å². The van der Waals surface area contributed by atoms with Gasteiger partial charge in [0.2, 0.25) is 0 Å². The van der Waals surface area contributed by atoms with Gasteiger partial charge in [0, 0.05) is 19.1 Å². The van der Waals surface area contributed by atoms with Gasteiger partial charge in [-0.25, -0.2) is 4.79 Å². The highest BCUT2D eigenvalue weighted by Crippen LogP contribution is 2.11. The van der Waals surface area contributed by atoms with Crippen molar-refractivity contribution >= 4 is 17.8 Å². The fourth-order valence-corrected chi connectivity index (χ4v) is 1.42. The maximum Gasteiger partial charge on any atom is 0.334 e. The summed E-state index contributed by atoms with van der Waals surface area (Å²) in [6, 6.07) is -0.595. The molecule has 6 nitrogen and oxygen atoms in total. The molecule has 18 heavy (non-hydrogen) atoms. The Balaban J connectivity index is 2.58. The summed E-state index contributed by atoms with van der Waals surface area (Å²) in [7, 11) is 1.29. The number of nitrogens with one attached hydrogen (secondary N) is 1. The normalized spacial score (nSPS) is 16.8. The van der Waals surface area contributed by atoms with E-state index < -0.39 is 17.8 Å². The number of carbonyl (C=O) groups is 3. The fourth-order valence-electron chi connectivity index (χ4n) is 1.42. The maximum atomic E-state index is 11.6. The predicted molar refractivity (Wildman–Crippen MR) is 66.8 cm³/mol. The molecule has 6 heteroatoms. The van der Waals surface area contributed by atoms with Crippen LogP contribution in [0, 0.1) is 0 Å². The Labute approximate surface area is 107 Å². The molecule has 1 fully saturated rings. The molecular formula is C12H19N3O3. The smallest absolute Gasteiger partial charge is 0.308 e. The number of urea groups is 1. The molecule has 1 N–H and O–H groups in total. The van der Waals surface area contributed by atoms with Crippen LogP contribution in [0.4, 0.5) is 4.79 Å². The predicted octanol–water partition coefficient (Wildman–Crippen LogP) is 0.351. The first-order chi connectivity index (χ1) is 8.13. The van der Waals surface area contributed by atoms with Crippen molar-refractivity contribution in [2.24, 2.45) is 0 Å². The molecule has 0 aromatic rings. The highest BCUT2D eigenvalue weighted by atomic mass is 16.2. The summed E-state index contributed by atoms with van der Waals surface area (Å²) in [4.78, 5) is 36.1. The molecule has 0 spiro atoms. The van der Waals surface area contributed by atoms with Crippen LogP contribution in [0.5, 0.6) is 0 Å². The zero-order valence-electron chi connectivity index (χ0n) is 11.2. The van der Waals surface area contributed by atoms with Crippen molar-refractivity contribution in [3.05, 3.63) is 12.2 Å². The van der Waals surface area contributed by atoms with Gasteiger partial charge in [-0.05, 0) is 26.3 Å². The summed E-state index contributed by atoms with van der Waals surface area (Å²) in [5, 5.41) is 3.20. The van der Waals surface area contributed by atoms with Crippen molar-refractivity contribution in [3.63, 3.8) is 0 Å². The molecule has 0 aliphatic carbocycles. The highest BCUT2D eigenvalue weighted by Gasteiger charge is 2.42. The van der Waals surface area contributed by atoms with Crippen LogP contribution in [0.2, 0.25) is 0 Å². The number of hydrogen-bond acceptors (Lipinski definition) is 4. The quantitative estimate of drug-likeness (QED) is 0.446. The van der Waals surface area contributed by atoms with Gasteiger partial charge in [-0.15, -0.1) is 0 Å². The van der Waals surface area contributed by atoms with E-state index in [1.165, 1.54) is 7.05 Å². The second-order valence-electron chi connectivity index (χ2n) is 5.39. The van der Waals surface area contributed by atoms with Gasteiger partial charge in [0.15, 0.2) is 0 Å². The number of carbonyl (C=O) groups excluding carboxylic acids is 3. The SMILES string of the molecule is C=C(CNC(C)(C)C)CN1C(=O)C(=O)N(C)C1=O. The third kappa shape index (κ3) is 3.16. The summed E-state index contributed by atoms with van der Waals surface area (Å²) in [6.45, 7) is 10.4. The van der Waals surface area contributed by atoms with Gasteiger partial charge in [0.1, 0.15) is 0 Å². The number of likely N-dealkylation sites (N-methyl/N-ethyl adjacent to an activating group) is 1. The molecule has 100 valence electrons. The lowest BCUT2D eigenvalue weighted by Crippen LogP contribution is -2.40. The molecule has 0 atom stereocenters. The van der Waals surface area contributed by atoms with Crippen LogP contribution in [-0.4, -0.2) is 53.3 Å². The van der Waals surface area contributed by atoms with Crippen molar-refractivity contribution < 1.29 is 14.4 Å². The molecule has 1 saturated heterocycles. The van der Waals surface area contributed by atoms with Crippen LogP contribution in [0.1, 0.15) is 20.8 Å². The number of imide groups is 2. The minimum absolute atomic E-state index is 0.0663. The number of amides is 4. The van der Waals surface area contributed by atoms with Crippen molar-refractivity contribution in [2.45, 2.75) is 26.3 Å². The third-order valence-electron chi connectivity index (χ3n) is 2.50. The first-order valence-electron chi connectivity index (χ1n) is 5.68. The van der Waals surface area contributed by atoms with Gasteiger partial charge in [-0.2, -0.15) is 0 Å². The van der Waals surface area contributed by atoms with E-state index in [-0.39, 0.29) is 12.1 Å². The molecule has 4 amide bonds. The summed E-state index contributed by atoms with van der Waals surface area (Å²) in [5.74, 6) is -1.59. The van der Waals surface area contributed by atoms with E-state index >= 15 is 0 Å². The minimum atomic E-state index is -0.795. The second kappa shape index (κ2) is 4.89. The summed E-state index contributed by atoms with van der Waals surface area (Å²) in [6.07, 6.45) is 0. The van der Waals surface area contributed by atoms with Crippen LogP contribution in [-0.2, 0) is 9.59 Å². The standard InChI is InChI=1S/C12H19N3O3/c1-8(6-13-12(2,3)4)7-15-10(17)9(16)14(5)11(15)18/h13H,1,6-7H2,2-5H3. The summed E-state index contributed by atoms with van der Waals surface area (Å²) < 4.78 is 0. The molecule has 0 aromatic carbocycles. The van der Waals surface area contributed by atoms with E-state index in [0.29, 0.717) is 12.1 Å². The van der Waals surface area contributed by atoms with Gasteiger partial charge in [0.05, 0.1) is 6.54 Å². The fraction of sp³-hybridized carbons (Fsp3) is 0.583. The average molecular weight is 253 g/mol. The van der Waals surface area contributed by atoms with Crippen LogP contribution < -0.4 is 5.32 Å². The lowest BCUT2D eigenvalue weighted by atomic mass is 10.1. The van der Waals surface area contributed by atoms with E-state index in [4.69, 9.17) is 0 Å². The van der Waals surface area contributed by atoms with E-state index in [2.05, 4.69) is 11.9 Å². The average Bonchev–Trinajstić information content (AvgIpc) is 2.43. The Morgan fingerprint density at radius 3 is 2.17 bits per heavy atom. The van der Waals surface area contributed by atoms with Crippen LogP contribution in [0.25, 0.3) is 0 Å². The molecule has 0 aromatic heterocycles. The number of hydrogen-bond donors (Lipinski definition) is 1. The Morgan fingerprint density at radius 2 is 1.78 bits per heavy atom. The van der Waals surface area contributed by atoms with Crippen LogP contribution >= 0.6 is 0 Å². The van der Waals surface area contributed by atoms with Crippen LogP contribution in [0.15, 0.2) is 12.2 Å². The largest absolute Gasteiger partial charge is 0.334 e. The van der Waals surface area contributed by atoms with Gasteiger partial charge in [0.25, 0.3) is 0 Å². The first kappa shape index (κ1) is 14.4. The summed E-state index contributed by atoms with van der Waals surface area (Å²) >= 11 is 0. The van der Waals surface area contributed by atoms with Gasteiger partial charge in [-0.1, -0.05) is 6.58 Å². The topological polar surface area (TPSA) is 69.7 Å². The van der Waals surface area contributed by atoms with Gasteiger partial charge >= 0.3 is 17.8 Å². The Morgan fingerprint density at radius 1 is 1.22 bits per heavy atom. The van der Waals surface area contributed by atoms with Crippen molar-refractivity contribution in [3.8, 4) is 0 Å². The second-order valence-corrected chi connectivity index (χ2v) is 5.39. The molecule has 1 heterocycles. The van der Waals surface area contributed by atoms with Crippen molar-refractivity contribution in [1.29, 1.82) is 0 Å². The lowest BCUT2D eigenvalue weighted by molar-refractivity contribution is -0.142. The van der Waals surface area contributed by atoms with Gasteiger partial charge < -0.3 is 5.32 Å². The lowest BCUT2D eigenvalue weighted by Gasteiger charge is -2.22. The molecule has 0 bridgehead atoms. The zero-order valence-corrected chi connectivity index (χ0v) is 11.2. The van der Waals surface area contributed by atoms with Crippen molar-refractivity contribution in [2.75, 3.05) is 20.1 Å². The number of nitrogens with zero attached hydrogens (tertiary/aromatic N) is 2. The molecule has 1 rings (SSSR count). The molecule has 1 aliphatic rings. The molecular weight excluding hydrogens is 234 g/mol. The Hall–Kier alpha value is -1.69. The van der Waals surface area contributed by atoms with Gasteiger partial charge in [-0.3, -0.25) is 19.4 Å². The molecule has 1 aliphatic heterocycles. The number of rotatable bonds is 4. The minimum Gasteiger partial charge on any atom is -0.308 e. The molecule has 0 saturated carbocycles. The van der Waals surface area contributed by atoms with E-state index in [9.17, 15) is 14.4 Å². The molecule has 0 unspecified atom stereocenters. The molecule has 0 radical (unpaired) electrons. The Bertz CT molecular complexity index is 409.